The van der Waals surface area contributed by atoms with E-state index in [0.717, 1.165) is 6.42 Å². The van der Waals surface area contributed by atoms with Crippen molar-refractivity contribution in [1.29, 1.82) is 0 Å². The first kappa shape index (κ1) is 10.3. The third-order valence-corrected chi connectivity index (χ3v) is 2.18. The van der Waals surface area contributed by atoms with E-state index >= 15 is 0 Å². The van der Waals surface area contributed by atoms with Crippen molar-refractivity contribution in [3.63, 3.8) is 0 Å². The van der Waals surface area contributed by atoms with Crippen LogP contribution >= 0.6 is 0 Å². The first-order valence-corrected chi connectivity index (χ1v) is 4.33. The summed E-state index contributed by atoms with van der Waals surface area (Å²) in [6, 6.07) is 0. The van der Waals surface area contributed by atoms with Crippen molar-refractivity contribution in [2.75, 3.05) is 6.54 Å². The van der Waals surface area contributed by atoms with Gasteiger partial charge in [0.2, 0.25) is 5.91 Å². The highest BCUT2D eigenvalue weighted by atomic mass is 19.4. The van der Waals surface area contributed by atoms with Crippen LogP contribution in [0.3, 0.4) is 0 Å². The van der Waals surface area contributed by atoms with E-state index in [2.05, 4.69) is 5.32 Å². The maximum Gasteiger partial charge on any atom is 0.389 e. The molecule has 0 aromatic carbocycles. The topological polar surface area (TPSA) is 29.1 Å². The van der Waals surface area contributed by atoms with E-state index in [4.69, 9.17) is 0 Å². The lowest BCUT2D eigenvalue weighted by Crippen LogP contribution is -2.36. The van der Waals surface area contributed by atoms with Gasteiger partial charge in [-0.2, -0.15) is 13.2 Å². The minimum absolute atomic E-state index is 0.0741. The lowest BCUT2D eigenvalue weighted by atomic mass is 9.94. The molecule has 1 amide bonds. The van der Waals surface area contributed by atoms with Crippen molar-refractivity contribution in [3.05, 3.63) is 0 Å². The zero-order chi connectivity index (χ0) is 9.90. The van der Waals surface area contributed by atoms with Gasteiger partial charge in [0.25, 0.3) is 0 Å². The monoisotopic (exact) mass is 195 g/mol. The normalized spacial score (nSPS) is 24.2. The van der Waals surface area contributed by atoms with Gasteiger partial charge in [-0.3, -0.25) is 4.79 Å². The number of amides is 1. The number of halogens is 3. The number of hydrogen-bond donors (Lipinski definition) is 1. The molecule has 1 heterocycles. The number of nitrogens with one attached hydrogen (secondary N) is 1. The highest BCUT2D eigenvalue weighted by Gasteiger charge is 2.31. The smallest absolute Gasteiger partial charge is 0.356 e. The van der Waals surface area contributed by atoms with Crippen LogP contribution in [0.5, 0.6) is 0 Å². The zero-order valence-electron chi connectivity index (χ0n) is 7.16. The summed E-state index contributed by atoms with van der Waals surface area (Å²) in [6.45, 7) is 0.599. The summed E-state index contributed by atoms with van der Waals surface area (Å²) < 4.78 is 35.4. The maximum absolute atomic E-state index is 11.8. The summed E-state index contributed by atoms with van der Waals surface area (Å²) in [6.07, 6.45) is -3.70. The van der Waals surface area contributed by atoms with Gasteiger partial charge in [0.15, 0.2) is 0 Å². The van der Waals surface area contributed by atoms with Crippen molar-refractivity contribution in [1.82, 2.24) is 5.32 Å². The molecule has 1 saturated heterocycles. The number of piperidine rings is 1. The van der Waals surface area contributed by atoms with Gasteiger partial charge < -0.3 is 5.32 Å². The van der Waals surface area contributed by atoms with Crippen molar-refractivity contribution >= 4 is 5.91 Å². The molecule has 0 aromatic rings. The Morgan fingerprint density at radius 3 is 2.69 bits per heavy atom. The molecule has 1 N–H and O–H groups in total. The summed E-state index contributed by atoms with van der Waals surface area (Å²) in [4.78, 5) is 11.0. The van der Waals surface area contributed by atoms with Gasteiger partial charge in [0, 0.05) is 18.9 Å². The van der Waals surface area contributed by atoms with Crippen LogP contribution in [0.1, 0.15) is 25.7 Å². The molecule has 0 spiro atoms. The summed E-state index contributed by atoms with van der Waals surface area (Å²) in [5.41, 5.74) is 0. The van der Waals surface area contributed by atoms with E-state index in [9.17, 15) is 18.0 Å². The first-order chi connectivity index (χ1) is 5.99. The molecule has 0 aliphatic carbocycles. The van der Waals surface area contributed by atoms with Crippen LogP contribution in [0.15, 0.2) is 0 Å². The van der Waals surface area contributed by atoms with Crippen LogP contribution < -0.4 is 5.32 Å². The van der Waals surface area contributed by atoms with E-state index in [-0.39, 0.29) is 12.3 Å². The molecule has 0 bridgehead atoms. The fourth-order valence-corrected chi connectivity index (χ4v) is 1.45. The molecule has 5 heteroatoms. The van der Waals surface area contributed by atoms with Crippen LogP contribution in [-0.2, 0) is 4.79 Å². The lowest BCUT2D eigenvalue weighted by Gasteiger charge is -2.21. The molecule has 0 saturated carbocycles. The van der Waals surface area contributed by atoms with Crippen LogP contribution in [0.4, 0.5) is 13.2 Å². The minimum Gasteiger partial charge on any atom is -0.356 e. The summed E-state index contributed by atoms with van der Waals surface area (Å²) in [5, 5.41) is 2.56. The molecule has 2 nitrogen and oxygen atoms in total. The molecular formula is C8H12F3NO. The van der Waals surface area contributed by atoms with Gasteiger partial charge in [0.05, 0.1) is 0 Å². The minimum atomic E-state index is -4.14. The average Bonchev–Trinajstić information content (AvgIpc) is 2.01. The fourth-order valence-electron chi connectivity index (χ4n) is 1.45. The van der Waals surface area contributed by atoms with Crippen molar-refractivity contribution in [3.8, 4) is 0 Å². The Hall–Kier alpha value is -0.740. The second kappa shape index (κ2) is 3.98. The Morgan fingerprint density at radius 2 is 2.15 bits per heavy atom. The van der Waals surface area contributed by atoms with E-state index < -0.39 is 18.5 Å². The standard InChI is InChI=1S/C8H12F3NO/c9-8(10,11)4-3-6-2-1-5-12-7(6)13/h6H,1-5H2,(H,12,13). The molecule has 76 valence electrons. The van der Waals surface area contributed by atoms with Crippen molar-refractivity contribution in [2.45, 2.75) is 31.9 Å². The quantitative estimate of drug-likeness (QED) is 0.715. The van der Waals surface area contributed by atoms with Crippen LogP contribution in [-0.4, -0.2) is 18.6 Å². The van der Waals surface area contributed by atoms with E-state index in [1.807, 2.05) is 0 Å². The molecule has 1 aliphatic rings. The Balaban J connectivity index is 2.31. The molecular weight excluding hydrogens is 183 g/mol. The second-order valence-electron chi connectivity index (χ2n) is 3.28. The fraction of sp³-hybridized carbons (Fsp3) is 0.875. The molecule has 13 heavy (non-hydrogen) atoms. The largest absolute Gasteiger partial charge is 0.389 e. The van der Waals surface area contributed by atoms with Crippen molar-refractivity contribution < 1.29 is 18.0 Å². The molecule has 1 aliphatic heterocycles. The zero-order valence-corrected chi connectivity index (χ0v) is 7.16. The molecule has 1 atom stereocenters. The Kier molecular flexibility index (Phi) is 3.17. The molecule has 0 radical (unpaired) electrons. The summed E-state index contributed by atoms with van der Waals surface area (Å²) >= 11 is 0. The molecule has 1 fully saturated rings. The lowest BCUT2D eigenvalue weighted by molar-refractivity contribution is -0.142. The van der Waals surface area contributed by atoms with E-state index in [1.165, 1.54) is 0 Å². The number of hydrogen-bond acceptors (Lipinski definition) is 1. The molecule has 1 rings (SSSR count). The maximum atomic E-state index is 11.8. The Bertz CT molecular complexity index is 190. The highest BCUT2D eigenvalue weighted by molar-refractivity contribution is 5.79. The Labute approximate surface area is 74.5 Å². The number of carbonyl (C=O) groups excluding carboxylic acids is 1. The summed E-state index contributed by atoms with van der Waals surface area (Å²) in [7, 11) is 0. The third kappa shape index (κ3) is 3.65. The van der Waals surface area contributed by atoms with Gasteiger partial charge in [0.1, 0.15) is 0 Å². The van der Waals surface area contributed by atoms with Crippen molar-refractivity contribution in [2.24, 2.45) is 5.92 Å². The summed E-state index contributed by atoms with van der Waals surface area (Å²) in [5.74, 6) is -0.661. The number of rotatable bonds is 2. The van der Waals surface area contributed by atoms with Gasteiger partial charge in [-0.05, 0) is 19.3 Å². The van der Waals surface area contributed by atoms with Gasteiger partial charge in [-0.25, -0.2) is 0 Å². The highest BCUT2D eigenvalue weighted by Crippen LogP contribution is 2.26. The third-order valence-electron chi connectivity index (χ3n) is 2.18. The second-order valence-corrected chi connectivity index (χ2v) is 3.28. The molecule has 0 aromatic heterocycles. The van der Waals surface area contributed by atoms with Gasteiger partial charge in [-0.1, -0.05) is 0 Å². The SMILES string of the molecule is O=C1NCCCC1CCC(F)(F)F. The average molecular weight is 195 g/mol. The number of alkyl halides is 3. The van der Waals surface area contributed by atoms with E-state index in [0.29, 0.717) is 13.0 Å². The van der Waals surface area contributed by atoms with Crippen LogP contribution in [0, 0.1) is 5.92 Å². The van der Waals surface area contributed by atoms with Crippen LogP contribution in [0.2, 0.25) is 0 Å². The predicted molar refractivity (Wildman–Crippen MR) is 41.0 cm³/mol. The first-order valence-electron chi connectivity index (χ1n) is 4.33. The molecule has 1 unspecified atom stereocenters. The number of carbonyl (C=O) groups is 1. The van der Waals surface area contributed by atoms with Gasteiger partial charge in [-0.15, -0.1) is 0 Å². The predicted octanol–water partition coefficient (Wildman–Crippen LogP) is 1.86. The van der Waals surface area contributed by atoms with Gasteiger partial charge >= 0.3 is 6.18 Å². The van der Waals surface area contributed by atoms with Crippen LogP contribution in [0.25, 0.3) is 0 Å². The van der Waals surface area contributed by atoms with E-state index in [1.54, 1.807) is 0 Å². The Morgan fingerprint density at radius 1 is 1.46 bits per heavy atom.